The van der Waals surface area contributed by atoms with Crippen molar-refractivity contribution in [3.05, 3.63) is 35.1 Å². The molecule has 0 bridgehead atoms. The van der Waals surface area contributed by atoms with Gasteiger partial charge in [-0.2, -0.15) is 0 Å². The van der Waals surface area contributed by atoms with Gasteiger partial charge >= 0.3 is 0 Å². The first-order chi connectivity index (χ1) is 8.59. The van der Waals surface area contributed by atoms with Crippen LogP contribution in [0.2, 0.25) is 0 Å². The number of rotatable bonds is 2. The summed E-state index contributed by atoms with van der Waals surface area (Å²) < 4.78 is 13.8. The molecular formula is C15H20FNO. The van der Waals surface area contributed by atoms with E-state index in [1.165, 1.54) is 6.42 Å². The predicted molar refractivity (Wildman–Crippen MR) is 70.0 cm³/mol. The molecular weight excluding hydrogens is 229 g/mol. The summed E-state index contributed by atoms with van der Waals surface area (Å²) in [6, 6.07) is 5.13. The second kappa shape index (κ2) is 5.51. The molecule has 0 radical (unpaired) electrons. The summed E-state index contributed by atoms with van der Waals surface area (Å²) >= 11 is 0. The summed E-state index contributed by atoms with van der Waals surface area (Å²) in [5.41, 5.74) is 0.673. The monoisotopic (exact) mass is 249 g/mol. The van der Waals surface area contributed by atoms with E-state index >= 15 is 0 Å². The fraction of sp³-hybridized carbons (Fsp3) is 0.533. The normalized spacial score (nSPS) is 23.7. The van der Waals surface area contributed by atoms with Gasteiger partial charge in [-0.25, -0.2) is 4.39 Å². The van der Waals surface area contributed by atoms with Gasteiger partial charge in [-0.3, -0.25) is 4.79 Å². The maximum absolute atomic E-state index is 13.8. The first kappa shape index (κ1) is 13.1. The Balaban J connectivity index is 2.09. The summed E-state index contributed by atoms with van der Waals surface area (Å²) in [5, 5.41) is 2.97. The smallest absolute Gasteiger partial charge is 0.254 e. The van der Waals surface area contributed by atoms with Crippen LogP contribution in [0, 0.1) is 18.7 Å². The molecule has 0 heterocycles. The maximum Gasteiger partial charge on any atom is 0.254 e. The topological polar surface area (TPSA) is 29.1 Å². The van der Waals surface area contributed by atoms with Crippen molar-refractivity contribution < 1.29 is 9.18 Å². The van der Waals surface area contributed by atoms with Crippen molar-refractivity contribution >= 4 is 5.91 Å². The van der Waals surface area contributed by atoms with E-state index < -0.39 is 5.82 Å². The lowest BCUT2D eigenvalue weighted by molar-refractivity contribution is 0.0906. The molecule has 0 aromatic heterocycles. The molecule has 1 aliphatic carbocycles. The van der Waals surface area contributed by atoms with E-state index in [0.29, 0.717) is 11.5 Å². The highest BCUT2D eigenvalue weighted by Gasteiger charge is 2.24. The summed E-state index contributed by atoms with van der Waals surface area (Å²) in [5.74, 6) is -0.205. The lowest BCUT2D eigenvalue weighted by Crippen LogP contribution is -2.41. The number of halogens is 1. The van der Waals surface area contributed by atoms with Crippen LogP contribution in [0.4, 0.5) is 4.39 Å². The molecule has 3 heteroatoms. The van der Waals surface area contributed by atoms with Gasteiger partial charge in [0.15, 0.2) is 0 Å². The summed E-state index contributed by atoms with van der Waals surface area (Å²) in [6.07, 6.45) is 4.51. The number of nitrogens with one attached hydrogen (secondary N) is 1. The van der Waals surface area contributed by atoms with Crippen LogP contribution in [0.3, 0.4) is 0 Å². The number of benzene rings is 1. The lowest BCUT2D eigenvalue weighted by atomic mass is 9.86. The fourth-order valence-corrected chi connectivity index (χ4v) is 2.60. The lowest BCUT2D eigenvalue weighted by Gasteiger charge is -2.29. The Morgan fingerprint density at radius 2 is 2.06 bits per heavy atom. The zero-order valence-corrected chi connectivity index (χ0v) is 11.0. The van der Waals surface area contributed by atoms with E-state index in [1.807, 2.05) is 0 Å². The Hall–Kier alpha value is -1.38. The number of aryl methyl sites for hydroxylation is 1. The molecule has 0 aliphatic heterocycles. The number of carbonyl (C=O) groups excluding carboxylic acids is 1. The van der Waals surface area contributed by atoms with Crippen LogP contribution in [-0.2, 0) is 0 Å². The molecule has 2 nitrogen and oxygen atoms in total. The Bertz CT molecular complexity index is 444. The van der Waals surface area contributed by atoms with Crippen LogP contribution in [0.5, 0.6) is 0 Å². The largest absolute Gasteiger partial charge is 0.349 e. The molecule has 0 spiro atoms. The highest BCUT2D eigenvalue weighted by Crippen LogP contribution is 2.24. The van der Waals surface area contributed by atoms with E-state index in [0.717, 1.165) is 19.3 Å². The molecule has 1 fully saturated rings. The van der Waals surface area contributed by atoms with Gasteiger partial charge in [0.2, 0.25) is 0 Å². The van der Waals surface area contributed by atoms with Gasteiger partial charge in [0, 0.05) is 6.04 Å². The van der Waals surface area contributed by atoms with Gasteiger partial charge < -0.3 is 5.32 Å². The number of amides is 1. The zero-order chi connectivity index (χ0) is 13.1. The Morgan fingerprint density at radius 1 is 1.33 bits per heavy atom. The Morgan fingerprint density at radius 3 is 2.78 bits per heavy atom. The maximum atomic E-state index is 13.8. The third-order valence-electron chi connectivity index (χ3n) is 3.86. The Kier molecular flexibility index (Phi) is 4.00. The second-order valence-electron chi connectivity index (χ2n) is 5.28. The van der Waals surface area contributed by atoms with Gasteiger partial charge in [0.05, 0.1) is 5.56 Å². The highest BCUT2D eigenvalue weighted by atomic mass is 19.1. The molecule has 1 aromatic carbocycles. The summed E-state index contributed by atoms with van der Waals surface area (Å²) in [4.78, 5) is 12.1. The standard InChI is InChI=1S/C15H20FNO/c1-10-6-3-4-9-13(10)17-15(18)12-8-5-7-11(2)14(12)16/h5,7-8,10,13H,3-4,6,9H2,1-2H3,(H,17,18). The van der Waals surface area contributed by atoms with Crippen molar-refractivity contribution in [2.24, 2.45) is 5.92 Å². The second-order valence-corrected chi connectivity index (χ2v) is 5.28. The number of hydrogen-bond acceptors (Lipinski definition) is 1. The third kappa shape index (κ3) is 2.71. The van der Waals surface area contributed by atoms with Gasteiger partial charge in [0.25, 0.3) is 5.91 Å². The molecule has 1 aliphatic rings. The first-order valence-electron chi connectivity index (χ1n) is 6.65. The molecule has 2 rings (SSSR count). The van der Waals surface area contributed by atoms with E-state index in [4.69, 9.17) is 0 Å². The predicted octanol–water partition coefficient (Wildman–Crippen LogP) is 3.44. The highest BCUT2D eigenvalue weighted by molar-refractivity contribution is 5.94. The molecule has 98 valence electrons. The van der Waals surface area contributed by atoms with E-state index in [9.17, 15) is 9.18 Å². The van der Waals surface area contributed by atoms with Gasteiger partial charge in [-0.05, 0) is 37.3 Å². The SMILES string of the molecule is Cc1cccc(C(=O)NC2CCCCC2C)c1F. The summed E-state index contributed by atoms with van der Waals surface area (Å²) in [7, 11) is 0. The first-order valence-corrected chi connectivity index (χ1v) is 6.65. The van der Waals surface area contributed by atoms with Crippen molar-refractivity contribution in [1.82, 2.24) is 5.32 Å². The quantitative estimate of drug-likeness (QED) is 0.854. The molecule has 2 unspecified atom stereocenters. The van der Waals surface area contributed by atoms with Crippen LogP contribution in [-0.4, -0.2) is 11.9 Å². The molecule has 0 saturated heterocycles. The fourth-order valence-electron chi connectivity index (χ4n) is 2.60. The van der Waals surface area contributed by atoms with Crippen molar-refractivity contribution in [2.45, 2.75) is 45.6 Å². The van der Waals surface area contributed by atoms with E-state index in [1.54, 1.807) is 25.1 Å². The molecule has 18 heavy (non-hydrogen) atoms. The molecule has 2 atom stereocenters. The van der Waals surface area contributed by atoms with Gasteiger partial charge in [-0.15, -0.1) is 0 Å². The van der Waals surface area contributed by atoms with Gasteiger partial charge in [-0.1, -0.05) is 31.9 Å². The van der Waals surface area contributed by atoms with E-state index in [2.05, 4.69) is 12.2 Å². The molecule has 1 amide bonds. The van der Waals surface area contributed by atoms with E-state index in [-0.39, 0.29) is 17.5 Å². The third-order valence-corrected chi connectivity index (χ3v) is 3.86. The molecule has 1 N–H and O–H groups in total. The van der Waals surface area contributed by atoms with Crippen LogP contribution in [0.15, 0.2) is 18.2 Å². The molecule has 1 saturated carbocycles. The minimum Gasteiger partial charge on any atom is -0.349 e. The number of carbonyl (C=O) groups is 1. The van der Waals surface area contributed by atoms with Crippen LogP contribution in [0.25, 0.3) is 0 Å². The van der Waals surface area contributed by atoms with Gasteiger partial charge in [0.1, 0.15) is 5.82 Å². The number of hydrogen-bond donors (Lipinski definition) is 1. The summed E-state index contributed by atoms with van der Waals surface area (Å²) in [6.45, 7) is 3.83. The van der Waals surface area contributed by atoms with Crippen molar-refractivity contribution in [3.63, 3.8) is 0 Å². The average molecular weight is 249 g/mol. The van der Waals surface area contributed by atoms with Crippen LogP contribution in [0.1, 0.15) is 48.5 Å². The Labute approximate surface area is 108 Å². The minimum atomic E-state index is -0.404. The van der Waals surface area contributed by atoms with Crippen molar-refractivity contribution in [1.29, 1.82) is 0 Å². The van der Waals surface area contributed by atoms with Crippen LogP contribution >= 0.6 is 0 Å². The minimum absolute atomic E-state index is 0.160. The van der Waals surface area contributed by atoms with Crippen molar-refractivity contribution in [3.8, 4) is 0 Å². The van der Waals surface area contributed by atoms with Crippen molar-refractivity contribution in [2.75, 3.05) is 0 Å². The average Bonchev–Trinajstić information content (AvgIpc) is 2.35. The zero-order valence-electron chi connectivity index (χ0n) is 11.0. The van der Waals surface area contributed by atoms with Crippen LogP contribution < -0.4 is 5.32 Å². The molecule has 1 aromatic rings.